The zero-order chi connectivity index (χ0) is 15.5. The molecule has 0 spiro atoms. The smallest absolute Gasteiger partial charge is 0.228 e. The van der Waals surface area contributed by atoms with Gasteiger partial charge in [0.15, 0.2) is 0 Å². The number of thiophene rings is 1. The topological polar surface area (TPSA) is 45.2 Å². The number of carbonyl (C=O) groups is 1. The van der Waals surface area contributed by atoms with Crippen LogP contribution in [0.1, 0.15) is 18.5 Å². The third kappa shape index (κ3) is 3.68. The summed E-state index contributed by atoms with van der Waals surface area (Å²) in [5.41, 5.74) is 0.848. The molecule has 0 bridgehead atoms. The maximum absolute atomic E-state index is 12.4. The van der Waals surface area contributed by atoms with Gasteiger partial charge in [-0.25, -0.2) is 4.98 Å². The van der Waals surface area contributed by atoms with Crippen LogP contribution in [0.15, 0.2) is 17.5 Å². The van der Waals surface area contributed by atoms with Crippen molar-refractivity contribution in [2.75, 3.05) is 20.1 Å². The van der Waals surface area contributed by atoms with E-state index >= 15 is 0 Å². The van der Waals surface area contributed by atoms with Crippen LogP contribution in [-0.4, -0.2) is 42.0 Å². The summed E-state index contributed by atoms with van der Waals surface area (Å²) in [6.07, 6.45) is 2.58. The summed E-state index contributed by atoms with van der Waals surface area (Å²) in [7, 11) is 1.96. The number of hydrogen-bond donors (Lipinski definition) is 1. The molecule has 1 amide bonds. The second-order valence-electron chi connectivity index (χ2n) is 5.39. The maximum Gasteiger partial charge on any atom is 0.228 e. The van der Waals surface area contributed by atoms with Crippen LogP contribution in [0.25, 0.3) is 9.88 Å². The number of piperidine rings is 1. The first-order valence-corrected chi connectivity index (χ1v) is 9.38. The lowest BCUT2D eigenvalue weighted by Crippen LogP contribution is -2.47. The SMILES string of the molecule is CNC1CCCN(C(=O)Cc2csc(-c3ccc(Cl)s3)n2)C1. The summed E-state index contributed by atoms with van der Waals surface area (Å²) in [6.45, 7) is 1.65. The number of rotatable bonds is 4. The lowest BCUT2D eigenvalue weighted by atomic mass is 10.1. The number of hydrogen-bond acceptors (Lipinski definition) is 5. The molecule has 0 radical (unpaired) electrons. The third-order valence-electron chi connectivity index (χ3n) is 3.85. The van der Waals surface area contributed by atoms with Crippen molar-refractivity contribution in [2.24, 2.45) is 0 Å². The van der Waals surface area contributed by atoms with Crippen LogP contribution in [0.3, 0.4) is 0 Å². The molecule has 3 rings (SSSR count). The fraction of sp³-hybridized carbons (Fsp3) is 0.467. The van der Waals surface area contributed by atoms with E-state index in [9.17, 15) is 4.79 Å². The fourth-order valence-corrected chi connectivity index (χ4v) is 4.57. The van der Waals surface area contributed by atoms with E-state index in [0.717, 1.165) is 45.8 Å². The molecule has 118 valence electrons. The van der Waals surface area contributed by atoms with Gasteiger partial charge in [0, 0.05) is 24.5 Å². The molecule has 0 aliphatic carbocycles. The Labute approximate surface area is 143 Å². The Morgan fingerprint density at radius 1 is 1.55 bits per heavy atom. The van der Waals surface area contributed by atoms with Gasteiger partial charge < -0.3 is 10.2 Å². The van der Waals surface area contributed by atoms with Crippen molar-refractivity contribution in [1.29, 1.82) is 0 Å². The largest absolute Gasteiger partial charge is 0.341 e. The zero-order valence-corrected chi connectivity index (χ0v) is 14.7. The highest BCUT2D eigenvalue weighted by atomic mass is 35.5. The number of carbonyl (C=O) groups excluding carboxylic acids is 1. The van der Waals surface area contributed by atoms with Crippen molar-refractivity contribution in [1.82, 2.24) is 15.2 Å². The van der Waals surface area contributed by atoms with Crippen molar-refractivity contribution in [3.8, 4) is 9.88 Å². The summed E-state index contributed by atoms with van der Waals surface area (Å²) in [5, 5.41) is 6.17. The highest BCUT2D eigenvalue weighted by Gasteiger charge is 2.23. The van der Waals surface area contributed by atoms with E-state index in [1.165, 1.54) is 11.3 Å². The molecule has 0 saturated carbocycles. The van der Waals surface area contributed by atoms with Gasteiger partial charge in [-0.3, -0.25) is 4.79 Å². The quantitative estimate of drug-likeness (QED) is 0.915. The molecule has 3 heterocycles. The lowest BCUT2D eigenvalue weighted by molar-refractivity contribution is -0.131. The molecule has 2 aromatic rings. The minimum absolute atomic E-state index is 0.168. The zero-order valence-electron chi connectivity index (χ0n) is 12.3. The van der Waals surface area contributed by atoms with Gasteiger partial charge in [-0.2, -0.15) is 0 Å². The molecule has 0 aromatic carbocycles. The van der Waals surface area contributed by atoms with Crippen LogP contribution >= 0.6 is 34.3 Å². The van der Waals surface area contributed by atoms with E-state index in [4.69, 9.17) is 11.6 Å². The Kier molecular flexibility index (Phi) is 5.13. The number of nitrogens with zero attached hydrogens (tertiary/aromatic N) is 2. The van der Waals surface area contributed by atoms with Gasteiger partial charge >= 0.3 is 0 Å². The molecule has 7 heteroatoms. The van der Waals surface area contributed by atoms with E-state index in [1.807, 2.05) is 29.5 Å². The van der Waals surface area contributed by atoms with Gasteiger partial charge in [-0.05, 0) is 32.0 Å². The predicted octanol–water partition coefficient (Wildman–Crippen LogP) is 3.28. The van der Waals surface area contributed by atoms with Gasteiger partial charge in [0.2, 0.25) is 5.91 Å². The van der Waals surface area contributed by atoms with Crippen molar-refractivity contribution in [3.63, 3.8) is 0 Å². The summed E-state index contributed by atoms with van der Waals surface area (Å²) < 4.78 is 0.759. The van der Waals surface area contributed by atoms with Crippen molar-refractivity contribution in [3.05, 3.63) is 27.5 Å². The van der Waals surface area contributed by atoms with Crippen LogP contribution in [-0.2, 0) is 11.2 Å². The number of thiazole rings is 1. The summed E-state index contributed by atoms with van der Waals surface area (Å²) in [5.74, 6) is 0.168. The second-order valence-corrected chi connectivity index (χ2v) is 7.97. The Morgan fingerprint density at radius 3 is 3.14 bits per heavy atom. The van der Waals surface area contributed by atoms with Crippen molar-refractivity contribution < 1.29 is 4.79 Å². The molecule has 1 N–H and O–H groups in total. The highest BCUT2D eigenvalue weighted by molar-refractivity contribution is 7.23. The van der Waals surface area contributed by atoms with Crippen molar-refractivity contribution in [2.45, 2.75) is 25.3 Å². The first-order valence-electron chi connectivity index (χ1n) is 7.31. The molecule has 4 nitrogen and oxygen atoms in total. The third-order valence-corrected chi connectivity index (χ3v) is 6.14. The predicted molar refractivity (Wildman–Crippen MR) is 92.8 cm³/mol. The Bertz CT molecular complexity index is 655. The average molecular weight is 356 g/mol. The molecule has 1 aliphatic rings. The summed E-state index contributed by atoms with van der Waals surface area (Å²) in [6, 6.07) is 4.26. The van der Waals surface area contributed by atoms with E-state index in [-0.39, 0.29) is 5.91 Å². The Balaban J connectivity index is 1.63. The van der Waals surface area contributed by atoms with Gasteiger partial charge in [0.05, 0.1) is 21.3 Å². The molecule has 1 saturated heterocycles. The molecule has 1 fully saturated rings. The molecular weight excluding hydrogens is 338 g/mol. The summed E-state index contributed by atoms with van der Waals surface area (Å²) >= 11 is 9.04. The van der Waals surface area contributed by atoms with E-state index in [2.05, 4.69) is 10.3 Å². The highest BCUT2D eigenvalue weighted by Crippen LogP contribution is 2.33. The fourth-order valence-electron chi connectivity index (χ4n) is 2.64. The number of likely N-dealkylation sites (tertiary alicyclic amines) is 1. The van der Waals surface area contributed by atoms with Gasteiger partial charge in [-0.15, -0.1) is 22.7 Å². The Morgan fingerprint density at radius 2 is 2.41 bits per heavy atom. The molecule has 1 unspecified atom stereocenters. The molecule has 1 atom stereocenters. The van der Waals surface area contributed by atoms with Crippen molar-refractivity contribution >= 4 is 40.2 Å². The van der Waals surface area contributed by atoms with E-state index in [0.29, 0.717) is 12.5 Å². The number of amides is 1. The minimum atomic E-state index is 0.168. The maximum atomic E-state index is 12.4. The summed E-state index contributed by atoms with van der Waals surface area (Å²) in [4.78, 5) is 20.0. The van der Waals surface area contributed by atoms with Gasteiger partial charge in [-0.1, -0.05) is 11.6 Å². The molecule has 1 aliphatic heterocycles. The van der Waals surface area contributed by atoms with E-state index in [1.54, 1.807) is 11.3 Å². The number of aromatic nitrogens is 1. The molecule has 22 heavy (non-hydrogen) atoms. The molecule has 2 aromatic heterocycles. The number of likely N-dealkylation sites (N-methyl/N-ethyl adjacent to an activating group) is 1. The van der Waals surface area contributed by atoms with Crippen LogP contribution in [0.4, 0.5) is 0 Å². The first-order chi connectivity index (χ1) is 10.7. The van der Waals surface area contributed by atoms with E-state index < -0.39 is 0 Å². The standard InChI is InChI=1S/C15H18ClN3OS2/c1-17-10-3-2-6-19(8-10)14(20)7-11-9-21-15(18-11)12-4-5-13(16)22-12/h4-5,9-10,17H,2-3,6-8H2,1H3. The van der Waals surface area contributed by atoms with Gasteiger partial charge in [0.25, 0.3) is 0 Å². The average Bonchev–Trinajstić information content (AvgIpc) is 3.16. The lowest BCUT2D eigenvalue weighted by Gasteiger charge is -2.32. The van der Waals surface area contributed by atoms with Crippen LogP contribution in [0.5, 0.6) is 0 Å². The molecular formula is C15H18ClN3OS2. The van der Waals surface area contributed by atoms with Crippen LogP contribution in [0.2, 0.25) is 4.34 Å². The Hall–Kier alpha value is -0.950. The van der Waals surface area contributed by atoms with Crippen LogP contribution in [0, 0.1) is 0 Å². The van der Waals surface area contributed by atoms with Gasteiger partial charge in [0.1, 0.15) is 5.01 Å². The second kappa shape index (κ2) is 7.08. The number of nitrogens with one attached hydrogen (secondary N) is 1. The normalized spacial score (nSPS) is 18.6. The first kappa shape index (κ1) is 15.9. The number of halogens is 1. The minimum Gasteiger partial charge on any atom is -0.341 e. The van der Waals surface area contributed by atoms with Crippen LogP contribution < -0.4 is 5.32 Å². The monoisotopic (exact) mass is 355 g/mol.